The number of rotatable bonds is 4. The van der Waals surface area contributed by atoms with Crippen LogP contribution in [0.1, 0.15) is 38.3 Å². The predicted octanol–water partition coefficient (Wildman–Crippen LogP) is 2.35. The fourth-order valence-corrected chi connectivity index (χ4v) is 2.62. The number of amides is 1. The van der Waals surface area contributed by atoms with Gasteiger partial charge < -0.3 is 10.2 Å². The van der Waals surface area contributed by atoms with E-state index in [4.69, 9.17) is 0 Å². The molecule has 0 radical (unpaired) electrons. The van der Waals surface area contributed by atoms with Crippen molar-refractivity contribution >= 4 is 5.91 Å². The Kier molecular flexibility index (Phi) is 4.37. The Labute approximate surface area is 109 Å². The Bertz CT molecular complexity index is 385. The molecule has 1 N–H and O–H groups in total. The molecule has 1 amide bonds. The monoisotopic (exact) mass is 246 g/mol. The van der Waals surface area contributed by atoms with E-state index >= 15 is 0 Å². The van der Waals surface area contributed by atoms with Gasteiger partial charge in [0.2, 0.25) is 5.91 Å². The van der Waals surface area contributed by atoms with Crippen LogP contribution in [0.3, 0.4) is 0 Å². The van der Waals surface area contributed by atoms with Crippen LogP contribution in [0.2, 0.25) is 0 Å². The number of carbonyl (C=O) groups is 1. The van der Waals surface area contributed by atoms with Crippen molar-refractivity contribution in [3.8, 4) is 0 Å². The third-order valence-electron chi connectivity index (χ3n) is 3.73. The van der Waals surface area contributed by atoms with Crippen LogP contribution in [-0.4, -0.2) is 29.9 Å². The highest BCUT2D eigenvalue weighted by molar-refractivity contribution is 5.73. The van der Waals surface area contributed by atoms with Gasteiger partial charge in [-0.15, -0.1) is 0 Å². The zero-order valence-corrected chi connectivity index (χ0v) is 11.2. The Morgan fingerprint density at radius 1 is 1.44 bits per heavy atom. The molecule has 1 aromatic rings. The molecule has 1 aliphatic rings. The van der Waals surface area contributed by atoms with E-state index in [9.17, 15) is 4.79 Å². The van der Waals surface area contributed by atoms with E-state index in [0.29, 0.717) is 6.04 Å². The molecule has 0 aliphatic carbocycles. The lowest BCUT2D eigenvalue weighted by molar-refractivity contribution is -0.131. The van der Waals surface area contributed by atoms with E-state index in [1.54, 1.807) is 6.92 Å². The summed E-state index contributed by atoms with van der Waals surface area (Å²) in [5, 5.41) is 3.45. The number of nitrogens with one attached hydrogen (secondary N) is 1. The van der Waals surface area contributed by atoms with Crippen molar-refractivity contribution in [1.29, 1.82) is 0 Å². The normalized spacial score (nSPS) is 20.7. The molecule has 1 saturated heterocycles. The minimum absolute atomic E-state index is 0.145. The van der Waals surface area contributed by atoms with Crippen LogP contribution in [0, 0.1) is 0 Å². The van der Waals surface area contributed by atoms with Crippen LogP contribution in [-0.2, 0) is 4.79 Å². The average molecular weight is 246 g/mol. The van der Waals surface area contributed by atoms with Gasteiger partial charge in [0.1, 0.15) is 0 Å². The molecule has 0 spiro atoms. The fraction of sp³-hybridized carbons (Fsp3) is 0.533. The number of hydrogen-bond acceptors (Lipinski definition) is 2. The molecule has 0 aromatic heterocycles. The molecule has 1 aliphatic heterocycles. The third kappa shape index (κ3) is 3.10. The second-order valence-corrected chi connectivity index (χ2v) is 5.05. The summed E-state index contributed by atoms with van der Waals surface area (Å²) in [6.45, 7) is 5.65. The van der Waals surface area contributed by atoms with Gasteiger partial charge in [-0.3, -0.25) is 4.79 Å². The Morgan fingerprint density at radius 2 is 2.17 bits per heavy atom. The van der Waals surface area contributed by atoms with Crippen LogP contribution >= 0.6 is 0 Å². The molecular formula is C15H22N2O. The molecule has 1 fully saturated rings. The lowest BCUT2D eigenvalue weighted by Crippen LogP contribution is -2.41. The molecule has 0 bridgehead atoms. The van der Waals surface area contributed by atoms with Gasteiger partial charge in [0.25, 0.3) is 0 Å². The van der Waals surface area contributed by atoms with Gasteiger partial charge in [0, 0.05) is 19.5 Å². The minimum Gasteiger partial charge on any atom is -0.335 e. The first-order chi connectivity index (χ1) is 8.68. The molecule has 0 unspecified atom stereocenters. The van der Waals surface area contributed by atoms with Gasteiger partial charge in [-0.25, -0.2) is 0 Å². The van der Waals surface area contributed by atoms with Crippen LogP contribution in [0.5, 0.6) is 0 Å². The van der Waals surface area contributed by atoms with E-state index < -0.39 is 0 Å². The van der Waals surface area contributed by atoms with Gasteiger partial charge in [0.05, 0.1) is 6.04 Å². The summed E-state index contributed by atoms with van der Waals surface area (Å²) in [5.74, 6) is 0.153. The topological polar surface area (TPSA) is 32.3 Å². The number of nitrogens with zero attached hydrogens (tertiary/aromatic N) is 1. The molecule has 3 nitrogen and oxygen atoms in total. The van der Waals surface area contributed by atoms with Crippen LogP contribution in [0.25, 0.3) is 0 Å². The second kappa shape index (κ2) is 6.01. The van der Waals surface area contributed by atoms with Crippen molar-refractivity contribution in [3.05, 3.63) is 35.9 Å². The van der Waals surface area contributed by atoms with Gasteiger partial charge in [-0.05, 0) is 31.9 Å². The summed E-state index contributed by atoms with van der Waals surface area (Å²) in [6, 6.07) is 10.8. The standard InChI is InChI=1S/C15H22N2O/c1-12(14-7-4-3-5-8-14)17(13(2)18)11-15-9-6-10-16-15/h3-5,7-8,12,15-16H,6,9-11H2,1-2H3/t12-,15+/m1/s1. The number of hydrogen-bond donors (Lipinski definition) is 1. The van der Waals surface area contributed by atoms with Crippen molar-refractivity contribution < 1.29 is 4.79 Å². The summed E-state index contributed by atoms with van der Waals surface area (Å²) in [5.41, 5.74) is 1.20. The van der Waals surface area contributed by atoms with Crippen molar-refractivity contribution in [2.45, 2.75) is 38.8 Å². The van der Waals surface area contributed by atoms with Crippen molar-refractivity contribution in [1.82, 2.24) is 10.2 Å². The summed E-state index contributed by atoms with van der Waals surface area (Å²) < 4.78 is 0. The second-order valence-electron chi connectivity index (χ2n) is 5.05. The average Bonchev–Trinajstić information content (AvgIpc) is 2.89. The quantitative estimate of drug-likeness (QED) is 0.884. The largest absolute Gasteiger partial charge is 0.335 e. The first kappa shape index (κ1) is 13.1. The van der Waals surface area contributed by atoms with Crippen LogP contribution in [0.4, 0.5) is 0 Å². The molecule has 18 heavy (non-hydrogen) atoms. The van der Waals surface area contributed by atoms with E-state index in [-0.39, 0.29) is 11.9 Å². The number of benzene rings is 1. The van der Waals surface area contributed by atoms with Gasteiger partial charge in [-0.2, -0.15) is 0 Å². The molecule has 2 atom stereocenters. The maximum atomic E-state index is 11.8. The molecule has 3 heteroatoms. The number of carbonyl (C=O) groups excluding carboxylic acids is 1. The van der Waals surface area contributed by atoms with Gasteiger partial charge in [-0.1, -0.05) is 30.3 Å². The maximum absolute atomic E-state index is 11.8. The molecular weight excluding hydrogens is 224 g/mol. The summed E-state index contributed by atoms with van der Waals surface area (Å²) in [4.78, 5) is 13.8. The molecule has 0 saturated carbocycles. The first-order valence-electron chi connectivity index (χ1n) is 6.74. The minimum atomic E-state index is 0.145. The molecule has 98 valence electrons. The van der Waals surface area contributed by atoms with Crippen molar-refractivity contribution in [2.75, 3.05) is 13.1 Å². The molecule has 2 rings (SSSR count). The molecule has 1 heterocycles. The Balaban J connectivity index is 2.07. The predicted molar refractivity (Wildman–Crippen MR) is 73.3 cm³/mol. The van der Waals surface area contributed by atoms with Crippen LogP contribution in [0.15, 0.2) is 30.3 Å². The van der Waals surface area contributed by atoms with E-state index in [1.807, 2.05) is 23.1 Å². The van der Waals surface area contributed by atoms with E-state index in [0.717, 1.165) is 13.1 Å². The lowest BCUT2D eigenvalue weighted by atomic mass is 10.1. The maximum Gasteiger partial charge on any atom is 0.220 e. The summed E-state index contributed by atoms with van der Waals surface area (Å²) >= 11 is 0. The van der Waals surface area contributed by atoms with Crippen LogP contribution < -0.4 is 5.32 Å². The molecule has 1 aromatic carbocycles. The Hall–Kier alpha value is -1.35. The zero-order chi connectivity index (χ0) is 13.0. The third-order valence-corrected chi connectivity index (χ3v) is 3.73. The smallest absolute Gasteiger partial charge is 0.220 e. The SMILES string of the molecule is CC(=O)N(C[C@@H]1CCCN1)[C@H](C)c1ccccc1. The van der Waals surface area contributed by atoms with Gasteiger partial charge >= 0.3 is 0 Å². The summed E-state index contributed by atoms with van der Waals surface area (Å²) in [6.07, 6.45) is 2.39. The Morgan fingerprint density at radius 3 is 2.72 bits per heavy atom. The highest BCUT2D eigenvalue weighted by atomic mass is 16.2. The first-order valence-corrected chi connectivity index (χ1v) is 6.74. The highest BCUT2D eigenvalue weighted by Gasteiger charge is 2.23. The lowest BCUT2D eigenvalue weighted by Gasteiger charge is -2.31. The van der Waals surface area contributed by atoms with E-state index in [1.165, 1.54) is 18.4 Å². The van der Waals surface area contributed by atoms with Crippen molar-refractivity contribution in [2.24, 2.45) is 0 Å². The van der Waals surface area contributed by atoms with E-state index in [2.05, 4.69) is 24.4 Å². The highest BCUT2D eigenvalue weighted by Crippen LogP contribution is 2.21. The van der Waals surface area contributed by atoms with Gasteiger partial charge in [0.15, 0.2) is 0 Å². The fourth-order valence-electron chi connectivity index (χ4n) is 2.62. The summed E-state index contributed by atoms with van der Waals surface area (Å²) in [7, 11) is 0. The van der Waals surface area contributed by atoms with Crippen molar-refractivity contribution in [3.63, 3.8) is 0 Å². The zero-order valence-electron chi connectivity index (χ0n) is 11.2.